The molecule has 0 aliphatic rings. The van der Waals surface area contributed by atoms with Crippen LogP contribution in [0.5, 0.6) is 5.75 Å². The number of amides is 2. The lowest BCUT2D eigenvalue weighted by Gasteiger charge is -2.34. The second-order valence-corrected chi connectivity index (χ2v) is 9.73. The molecular weight excluding hydrogens is 473 g/mol. The Bertz CT molecular complexity index is 1410. The molecule has 2 amide bonds. The highest BCUT2D eigenvalue weighted by Crippen LogP contribution is 2.29. The zero-order valence-electron chi connectivity index (χ0n) is 21.3. The van der Waals surface area contributed by atoms with E-state index >= 15 is 4.39 Å². The Morgan fingerprint density at radius 2 is 1.70 bits per heavy atom. The van der Waals surface area contributed by atoms with E-state index < -0.39 is 29.2 Å². The summed E-state index contributed by atoms with van der Waals surface area (Å²) in [6.07, 6.45) is 0. The van der Waals surface area contributed by atoms with Crippen LogP contribution in [0.15, 0.2) is 72.8 Å². The zero-order valence-corrected chi connectivity index (χ0v) is 21.3. The molecule has 1 heterocycles. The number of aromatic nitrogens is 3. The maximum absolute atomic E-state index is 15.2. The number of carbonyl (C=O) groups excluding carboxylic acids is 2. The molecule has 1 atom stereocenters. The highest BCUT2D eigenvalue weighted by atomic mass is 19.1. The Morgan fingerprint density at radius 3 is 2.43 bits per heavy atom. The molecule has 1 aromatic heterocycles. The van der Waals surface area contributed by atoms with Crippen LogP contribution >= 0.6 is 0 Å². The molecule has 9 heteroatoms. The largest absolute Gasteiger partial charge is 0.496 e. The van der Waals surface area contributed by atoms with Crippen molar-refractivity contribution in [1.82, 2.24) is 25.2 Å². The number of hydrogen-bond donors (Lipinski definition) is 1. The summed E-state index contributed by atoms with van der Waals surface area (Å²) in [5.74, 6) is -0.959. The number of methoxy groups -OCH3 is 1. The van der Waals surface area contributed by atoms with Crippen molar-refractivity contribution in [1.29, 1.82) is 0 Å². The standard InChI is InChI=1S/C28H30FN5O3/c1-28(2,3)30-27(36)26(20-12-6-7-13-21(20)29)33(17-19-11-5-10-16-24(19)37-4)25(35)18-34-23-15-9-8-14-22(23)31-32-34/h5-16,26H,17-18H2,1-4H3,(H,30,36)/t26-/m0/s1. The van der Waals surface area contributed by atoms with Gasteiger partial charge in [-0.05, 0) is 45.0 Å². The molecule has 0 spiro atoms. The minimum atomic E-state index is -1.24. The number of nitrogens with zero attached hydrogens (tertiary/aromatic N) is 4. The highest BCUT2D eigenvalue weighted by Gasteiger charge is 2.35. The lowest BCUT2D eigenvalue weighted by molar-refractivity contribution is -0.143. The summed E-state index contributed by atoms with van der Waals surface area (Å²) >= 11 is 0. The van der Waals surface area contributed by atoms with Crippen molar-refractivity contribution in [2.24, 2.45) is 0 Å². The van der Waals surface area contributed by atoms with Gasteiger partial charge in [0.25, 0.3) is 0 Å². The molecule has 0 fully saturated rings. The second kappa shape index (κ2) is 10.8. The van der Waals surface area contributed by atoms with Crippen LogP contribution in [0.3, 0.4) is 0 Å². The zero-order chi connectivity index (χ0) is 26.6. The second-order valence-electron chi connectivity index (χ2n) is 9.73. The van der Waals surface area contributed by atoms with E-state index in [0.29, 0.717) is 22.3 Å². The van der Waals surface area contributed by atoms with Gasteiger partial charge in [-0.2, -0.15) is 0 Å². The number of nitrogens with one attached hydrogen (secondary N) is 1. The SMILES string of the molecule is COc1ccccc1CN(C(=O)Cn1nnc2ccccc21)[C@H](C(=O)NC(C)(C)C)c1ccccc1F. The van der Waals surface area contributed by atoms with Gasteiger partial charge >= 0.3 is 0 Å². The molecule has 3 aromatic carbocycles. The molecule has 0 radical (unpaired) electrons. The summed E-state index contributed by atoms with van der Waals surface area (Å²) < 4.78 is 22.1. The first kappa shape index (κ1) is 25.8. The van der Waals surface area contributed by atoms with Crippen molar-refractivity contribution in [2.45, 2.75) is 45.4 Å². The molecule has 0 aliphatic carbocycles. The van der Waals surface area contributed by atoms with Gasteiger partial charge in [-0.3, -0.25) is 9.59 Å². The normalized spacial score (nSPS) is 12.2. The Hall–Kier alpha value is -4.27. The topological polar surface area (TPSA) is 89.3 Å². The van der Waals surface area contributed by atoms with E-state index in [4.69, 9.17) is 4.74 Å². The minimum Gasteiger partial charge on any atom is -0.496 e. The molecule has 0 saturated carbocycles. The number of ether oxygens (including phenoxy) is 1. The summed E-state index contributed by atoms with van der Waals surface area (Å²) in [5, 5.41) is 11.2. The molecule has 0 unspecified atom stereocenters. The van der Waals surface area contributed by atoms with Gasteiger partial charge in [-0.25, -0.2) is 9.07 Å². The Kier molecular flexibility index (Phi) is 7.52. The maximum atomic E-state index is 15.2. The van der Waals surface area contributed by atoms with E-state index in [0.717, 1.165) is 0 Å². The van der Waals surface area contributed by atoms with E-state index in [1.807, 2.05) is 57.2 Å². The van der Waals surface area contributed by atoms with Crippen LogP contribution in [-0.4, -0.2) is 44.4 Å². The molecule has 1 N–H and O–H groups in total. The number of benzene rings is 3. The Balaban J connectivity index is 1.81. The summed E-state index contributed by atoms with van der Waals surface area (Å²) in [7, 11) is 1.53. The van der Waals surface area contributed by atoms with E-state index in [-0.39, 0.29) is 18.7 Å². The number of para-hydroxylation sites is 2. The molecular formula is C28H30FN5O3. The van der Waals surface area contributed by atoms with Gasteiger partial charge < -0.3 is 15.0 Å². The number of rotatable bonds is 8. The van der Waals surface area contributed by atoms with Crippen molar-refractivity contribution in [3.05, 3.63) is 89.7 Å². The maximum Gasteiger partial charge on any atom is 0.247 e. The lowest BCUT2D eigenvalue weighted by atomic mass is 10.00. The van der Waals surface area contributed by atoms with Crippen LogP contribution in [0.4, 0.5) is 4.39 Å². The predicted molar refractivity (Wildman–Crippen MR) is 138 cm³/mol. The van der Waals surface area contributed by atoms with E-state index in [2.05, 4.69) is 15.6 Å². The summed E-state index contributed by atoms with van der Waals surface area (Å²) in [4.78, 5) is 29.0. The van der Waals surface area contributed by atoms with Crippen LogP contribution in [-0.2, 0) is 22.7 Å². The number of fused-ring (bicyclic) bond motifs is 1. The third-order valence-corrected chi connectivity index (χ3v) is 5.82. The van der Waals surface area contributed by atoms with Crippen molar-refractivity contribution >= 4 is 22.8 Å². The van der Waals surface area contributed by atoms with E-state index in [1.165, 1.54) is 28.8 Å². The summed E-state index contributed by atoms with van der Waals surface area (Å²) in [6.45, 7) is 5.31. The molecule has 4 rings (SSSR count). The third-order valence-electron chi connectivity index (χ3n) is 5.82. The van der Waals surface area contributed by atoms with Gasteiger partial charge in [0.2, 0.25) is 11.8 Å². The van der Waals surface area contributed by atoms with Crippen LogP contribution in [0.25, 0.3) is 11.0 Å². The first-order valence-electron chi connectivity index (χ1n) is 11.9. The number of carbonyl (C=O) groups is 2. The van der Waals surface area contributed by atoms with E-state index in [9.17, 15) is 9.59 Å². The van der Waals surface area contributed by atoms with Crippen molar-refractivity contribution in [3.63, 3.8) is 0 Å². The first-order valence-corrected chi connectivity index (χ1v) is 11.9. The molecule has 4 aromatic rings. The average Bonchev–Trinajstić information content (AvgIpc) is 3.26. The number of hydrogen-bond acceptors (Lipinski definition) is 5. The van der Waals surface area contributed by atoms with Gasteiger partial charge in [0, 0.05) is 16.7 Å². The first-order chi connectivity index (χ1) is 17.7. The van der Waals surface area contributed by atoms with E-state index in [1.54, 1.807) is 24.3 Å². The average molecular weight is 504 g/mol. The summed E-state index contributed by atoms with van der Waals surface area (Å²) in [5.41, 5.74) is 1.47. The van der Waals surface area contributed by atoms with Crippen LogP contribution in [0.1, 0.15) is 37.9 Å². The van der Waals surface area contributed by atoms with Gasteiger partial charge in [-0.1, -0.05) is 53.7 Å². The van der Waals surface area contributed by atoms with Gasteiger partial charge in [0.15, 0.2) is 0 Å². The Labute approximate surface area is 215 Å². The molecule has 192 valence electrons. The van der Waals surface area contributed by atoms with Crippen molar-refractivity contribution < 1.29 is 18.7 Å². The van der Waals surface area contributed by atoms with Crippen LogP contribution in [0.2, 0.25) is 0 Å². The molecule has 0 saturated heterocycles. The fourth-order valence-electron chi connectivity index (χ4n) is 4.18. The van der Waals surface area contributed by atoms with Gasteiger partial charge in [0.05, 0.1) is 19.2 Å². The fraction of sp³-hybridized carbons (Fsp3) is 0.286. The minimum absolute atomic E-state index is 0.00599. The smallest absolute Gasteiger partial charge is 0.247 e. The van der Waals surface area contributed by atoms with Crippen molar-refractivity contribution in [2.75, 3.05) is 7.11 Å². The lowest BCUT2D eigenvalue weighted by Crippen LogP contribution is -2.50. The fourth-order valence-corrected chi connectivity index (χ4v) is 4.18. The Morgan fingerprint density at radius 1 is 1.03 bits per heavy atom. The molecule has 0 aliphatic heterocycles. The highest BCUT2D eigenvalue weighted by molar-refractivity contribution is 5.89. The van der Waals surface area contributed by atoms with Gasteiger partial charge in [-0.15, -0.1) is 5.10 Å². The molecule has 8 nitrogen and oxygen atoms in total. The molecule has 0 bridgehead atoms. The van der Waals surface area contributed by atoms with Crippen LogP contribution in [0, 0.1) is 5.82 Å². The van der Waals surface area contributed by atoms with Crippen LogP contribution < -0.4 is 10.1 Å². The summed E-state index contributed by atoms with van der Waals surface area (Å²) in [6, 6.07) is 19.3. The third kappa shape index (κ3) is 5.94. The quantitative estimate of drug-likeness (QED) is 0.388. The van der Waals surface area contributed by atoms with Crippen molar-refractivity contribution in [3.8, 4) is 5.75 Å². The monoisotopic (exact) mass is 503 g/mol. The predicted octanol–water partition coefficient (Wildman–Crippen LogP) is 4.26. The molecule has 37 heavy (non-hydrogen) atoms. The number of halogens is 1. The van der Waals surface area contributed by atoms with Gasteiger partial charge in [0.1, 0.15) is 29.7 Å².